The quantitative estimate of drug-likeness (QED) is 0.762. The van der Waals surface area contributed by atoms with Gasteiger partial charge in [0, 0.05) is 40.3 Å². The fraction of sp³-hybridized carbons (Fsp3) is 0.500. The first kappa shape index (κ1) is 19.4. The van der Waals surface area contributed by atoms with E-state index in [2.05, 4.69) is 15.2 Å². The summed E-state index contributed by atoms with van der Waals surface area (Å²) in [7, 11) is 3.35. The molecule has 2 heterocycles. The summed E-state index contributed by atoms with van der Waals surface area (Å²) >= 11 is 0. The number of carbonyl (C=O) groups excluding carboxylic acids is 1. The standard InChI is InChI=1S/C18H23F2N5O2/c1-23(2)18(26)12-27-11-16-17-10-24(6-3-7-25(17)22-21-16)9-13-4-5-14(19)15(20)8-13/h4-5,8H,3,6-7,9-12H2,1-2H3. The third-order valence-electron chi connectivity index (χ3n) is 4.49. The van der Waals surface area contributed by atoms with Gasteiger partial charge in [-0.15, -0.1) is 5.10 Å². The number of ether oxygens (including phenoxy) is 1. The summed E-state index contributed by atoms with van der Waals surface area (Å²) in [6.45, 7) is 2.80. The molecule has 2 aromatic rings. The van der Waals surface area contributed by atoms with Crippen LogP contribution in [0.5, 0.6) is 0 Å². The van der Waals surface area contributed by atoms with Gasteiger partial charge in [0.05, 0.1) is 12.3 Å². The number of nitrogens with zero attached hydrogens (tertiary/aromatic N) is 5. The summed E-state index contributed by atoms with van der Waals surface area (Å²) in [5.74, 6) is -1.80. The molecular weight excluding hydrogens is 356 g/mol. The third-order valence-corrected chi connectivity index (χ3v) is 4.49. The minimum absolute atomic E-state index is 0.0160. The molecule has 1 aromatic carbocycles. The molecule has 0 N–H and O–H groups in total. The normalized spacial score (nSPS) is 14.7. The Kier molecular flexibility index (Phi) is 6.12. The highest BCUT2D eigenvalue weighted by molar-refractivity contribution is 5.76. The lowest BCUT2D eigenvalue weighted by molar-refractivity contribution is -0.134. The van der Waals surface area contributed by atoms with Crippen LogP contribution in [0, 0.1) is 11.6 Å². The molecule has 1 aliphatic rings. The van der Waals surface area contributed by atoms with Crippen molar-refractivity contribution in [2.24, 2.45) is 0 Å². The number of amides is 1. The zero-order valence-electron chi connectivity index (χ0n) is 15.5. The van der Waals surface area contributed by atoms with Gasteiger partial charge in [-0.25, -0.2) is 13.5 Å². The van der Waals surface area contributed by atoms with E-state index in [1.165, 1.54) is 11.0 Å². The number of carbonyl (C=O) groups is 1. The Bertz CT molecular complexity index is 809. The monoisotopic (exact) mass is 379 g/mol. The van der Waals surface area contributed by atoms with Gasteiger partial charge in [0.25, 0.3) is 0 Å². The first-order valence-corrected chi connectivity index (χ1v) is 8.79. The number of hydrogen-bond donors (Lipinski definition) is 0. The minimum atomic E-state index is -0.844. The molecule has 7 nitrogen and oxygen atoms in total. The van der Waals surface area contributed by atoms with E-state index >= 15 is 0 Å². The number of aryl methyl sites for hydroxylation is 1. The molecule has 27 heavy (non-hydrogen) atoms. The van der Waals surface area contributed by atoms with E-state index in [0.29, 0.717) is 24.3 Å². The van der Waals surface area contributed by atoms with Crippen LogP contribution in [0.1, 0.15) is 23.4 Å². The SMILES string of the molecule is CN(C)C(=O)COCc1nnn2c1CN(Cc1ccc(F)c(F)c1)CCC2. The molecule has 0 saturated carbocycles. The van der Waals surface area contributed by atoms with E-state index in [0.717, 1.165) is 31.3 Å². The lowest BCUT2D eigenvalue weighted by Crippen LogP contribution is -2.26. The van der Waals surface area contributed by atoms with Gasteiger partial charge < -0.3 is 9.64 Å². The fourth-order valence-corrected chi connectivity index (χ4v) is 2.96. The maximum Gasteiger partial charge on any atom is 0.248 e. The second-order valence-electron chi connectivity index (χ2n) is 6.80. The molecule has 1 aromatic heterocycles. The van der Waals surface area contributed by atoms with Crippen LogP contribution in [-0.2, 0) is 35.8 Å². The Labute approximate surface area is 156 Å². The Hall–Kier alpha value is -2.39. The molecule has 1 aliphatic heterocycles. The predicted molar refractivity (Wildman–Crippen MR) is 93.5 cm³/mol. The van der Waals surface area contributed by atoms with E-state index in [9.17, 15) is 13.6 Å². The maximum atomic E-state index is 13.5. The summed E-state index contributed by atoms with van der Waals surface area (Å²) in [6, 6.07) is 3.97. The molecule has 0 fully saturated rings. The van der Waals surface area contributed by atoms with Crippen molar-refractivity contribution in [1.82, 2.24) is 24.8 Å². The number of halogens is 2. The van der Waals surface area contributed by atoms with E-state index < -0.39 is 11.6 Å². The molecule has 0 atom stereocenters. The third kappa shape index (κ3) is 4.86. The van der Waals surface area contributed by atoms with Gasteiger partial charge >= 0.3 is 0 Å². The van der Waals surface area contributed by atoms with Gasteiger partial charge in [-0.1, -0.05) is 11.3 Å². The van der Waals surface area contributed by atoms with E-state index in [4.69, 9.17) is 4.74 Å². The lowest BCUT2D eigenvalue weighted by atomic mass is 10.2. The van der Waals surface area contributed by atoms with Crippen LogP contribution in [-0.4, -0.2) is 57.9 Å². The molecule has 0 bridgehead atoms. The van der Waals surface area contributed by atoms with E-state index in [1.807, 2.05) is 4.68 Å². The number of hydrogen-bond acceptors (Lipinski definition) is 5. The van der Waals surface area contributed by atoms with Crippen molar-refractivity contribution in [2.75, 3.05) is 27.2 Å². The molecule has 0 spiro atoms. The Balaban J connectivity index is 1.65. The average Bonchev–Trinajstić information content (AvgIpc) is 2.88. The molecule has 1 amide bonds. The molecule has 146 valence electrons. The van der Waals surface area contributed by atoms with Crippen molar-refractivity contribution in [2.45, 2.75) is 32.7 Å². The van der Waals surface area contributed by atoms with Crippen molar-refractivity contribution >= 4 is 5.91 Å². The van der Waals surface area contributed by atoms with Gasteiger partial charge in [0.15, 0.2) is 11.6 Å². The Morgan fingerprint density at radius 2 is 2.07 bits per heavy atom. The molecule has 9 heteroatoms. The number of benzene rings is 1. The number of rotatable bonds is 6. The summed E-state index contributed by atoms with van der Waals surface area (Å²) in [4.78, 5) is 15.2. The van der Waals surface area contributed by atoms with Crippen LogP contribution in [0.2, 0.25) is 0 Å². The largest absolute Gasteiger partial charge is 0.365 e. The van der Waals surface area contributed by atoms with E-state index in [-0.39, 0.29) is 19.1 Å². The molecule has 0 aliphatic carbocycles. The zero-order valence-corrected chi connectivity index (χ0v) is 15.5. The van der Waals surface area contributed by atoms with Gasteiger partial charge in [-0.05, 0) is 24.1 Å². The first-order chi connectivity index (χ1) is 12.9. The second kappa shape index (κ2) is 8.53. The molecule has 3 rings (SSSR count). The van der Waals surface area contributed by atoms with Gasteiger partial charge in [0.2, 0.25) is 5.91 Å². The van der Waals surface area contributed by atoms with Crippen molar-refractivity contribution in [3.05, 3.63) is 46.8 Å². The van der Waals surface area contributed by atoms with Crippen LogP contribution in [0.3, 0.4) is 0 Å². The molecule has 0 unspecified atom stereocenters. The van der Waals surface area contributed by atoms with Gasteiger partial charge in [0.1, 0.15) is 12.3 Å². The Morgan fingerprint density at radius 3 is 2.81 bits per heavy atom. The number of likely N-dealkylation sites (N-methyl/N-ethyl adjacent to an activating group) is 1. The Morgan fingerprint density at radius 1 is 1.26 bits per heavy atom. The van der Waals surface area contributed by atoms with Crippen LogP contribution < -0.4 is 0 Å². The first-order valence-electron chi connectivity index (χ1n) is 8.79. The zero-order chi connectivity index (χ0) is 19.4. The number of fused-ring (bicyclic) bond motifs is 1. The van der Waals surface area contributed by atoms with Crippen LogP contribution in [0.4, 0.5) is 8.78 Å². The van der Waals surface area contributed by atoms with Crippen molar-refractivity contribution in [1.29, 1.82) is 0 Å². The van der Waals surface area contributed by atoms with Crippen molar-refractivity contribution < 1.29 is 18.3 Å². The minimum Gasteiger partial charge on any atom is -0.365 e. The summed E-state index contributed by atoms with van der Waals surface area (Å²) < 4.78 is 33.9. The molecular formula is C18H23F2N5O2. The highest BCUT2D eigenvalue weighted by Gasteiger charge is 2.21. The van der Waals surface area contributed by atoms with Crippen LogP contribution in [0.15, 0.2) is 18.2 Å². The smallest absolute Gasteiger partial charge is 0.248 e. The number of aromatic nitrogens is 3. The van der Waals surface area contributed by atoms with Gasteiger partial charge in [-0.2, -0.15) is 0 Å². The molecule has 0 saturated heterocycles. The highest BCUT2D eigenvalue weighted by Crippen LogP contribution is 2.18. The molecule has 0 radical (unpaired) electrons. The average molecular weight is 379 g/mol. The van der Waals surface area contributed by atoms with Gasteiger partial charge in [-0.3, -0.25) is 9.69 Å². The highest BCUT2D eigenvalue weighted by atomic mass is 19.2. The predicted octanol–water partition coefficient (Wildman–Crippen LogP) is 1.57. The summed E-state index contributed by atoms with van der Waals surface area (Å²) in [5, 5.41) is 8.35. The fourth-order valence-electron chi connectivity index (χ4n) is 2.96. The topological polar surface area (TPSA) is 63.5 Å². The van der Waals surface area contributed by atoms with Crippen LogP contribution >= 0.6 is 0 Å². The van der Waals surface area contributed by atoms with Crippen LogP contribution in [0.25, 0.3) is 0 Å². The summed E-state index contributed by atoms with van der Waals surface area (Å²) in [6.07, 6.45) is 0.874. The van der Waals surface area contributed by atoms with E-state index in [1.54, 1.807) is 20.2 Å². The second-order valence-corrected chi connectivity index (χ2v) is 6.80. The van der Waals surface area contributed by atoms with Crippen molar-refractivity contribution in [3.63, 3.8) is 0 Å². The van der Waals surface area contributed by atoms with Crippen molar-refractivity contribution in [3.8, 4) is 0 Å². The maximum absolute atomic E-state index is 13.5. The summed E-state index contributed by atoms with van der Waals surface area (Å²) in [5.41, 5.74) is 2.33. The lowest BCUT2D eigenvalue weighted by Gasteiger charge is -2.20.